The van der Waals surface area contributed by atoms with Gasteiger partial charge < -0.3 is 10.1 Å². The molecule has 8 heteroatoms. The maximum atomic E-state index is 4.95. The van der Waals surface area contributed by atoms with Crippen molar-refractivity contribution in [2.24, 2.45) is 7.05 Å². The van der Waals surface area contributed by atoms with Crippen molar-refractivity contribution >= 4 is 0 Å². The first-order valence-corrected chi connectivity index (χ1v) is 5.27. The van der Waals surface area contributed by atoms with E-state index in [9.17, 15) is 0 Å². The van der Waals surface area contributed by atoms with Crippen molar-refractivity contribution in [1.82, 2.24) is 35.3 Å². The normalized spacial score (nSPS) is 10.9. The van der Waals surface area contributed by atoms with Crippen molar-refractivity contribution < 1.29 is 4.74 Å². The molecule has 0 unspecified atom stereocenters. The lowest BCUT2D eigenvalue weighted by Crippen LogP contribution is -2.21. The average molecular weight is 237 g/mol. The Morgan fingerprint density at radius 1 is 1.47 bits per heavy atom. The molecule has 2 heterocycles. The number of ether oxygens (including phenoxy) is 1. The van der Waals surface area contributed by atoms with Gasteiger partial charge >= 0.3 is 0 Å². The van der Waals surface area contributed by atoms with Gasteiger partial charge in [0.15, 0.2) is 5.82 Å². The van der Waals surface area contributed by atoms with E-state index in [0.29, 0.717) is 13.2 Å². The summed E-state index contributed by atoms with van der Waals surface area (Å²) in [4.78, 5) is 0. The van der Waals surface area contributed by atoms with Gasteiger partial charge in [-0.3, -0.25) is 4.68 Å². The number of hydrogen-bond acceptors (Lipinski definition) is 6. The Kier molecular flexibility index (Phi) is 3.78. The minimum Gasteiger partial charge on any atom is -0.383 e. The van der Waals surface area contributed by atoms with Gasteiger partial charge in [-0.15, -0.1) is 5.10 Å². The minimum absolute atomic E-state index is 0.589. The molecule has 17 heavy (non-hydrogen) atoms. The van der Waals surface area contributed by atoms with Gasteiger partial charge in [0.05, 0.1) is 25.5 Å². The Balaban J connectivity index is 2.02. The summed E-state index contributed by atoms with van der Waals surface area (Å²) < 4.78 is 8.31. The van der Waals surface area contributed by atoms with Gasteiger partial charge in [0.25, 0.3) is 0 Å². The number of aromatic nitrogens is 6. The highest BCUT2D eigenvalue weighted by atomic mass is 16.5. The highest BCUT2D eigenvalue weighted by molar-refractivity contribution is 5.24. The second kappa shape index (κ2) is 5.51. The molecule has 0 amide bonds. The van der Waals surface area contributed by atoms with Crippen LogP contribution in [0.5, 0.6) is 0 Å². The van der Waals surface area contributed by atoms with Crippen LogP contribution in [-0.4, -0.2) is 50.2 Å². The Morgan fingerprint density at radius 2 is 2.35 bits per heavy atom. The van der Waals surface area contributed by atoms with Gasteiger partial charge in [-0.1, -0.05) is 0 Å². The first kappa shape index (κ1) is 11.7. The van der Waals surface area contributed by atoms with Crippen LogP contribution >= 0.6 is 0 Å². The summed E-state index contributed by atoms with van der Waals surface area (Å²) in [5, 5.41) is 18.8. The third-order valence-electron chi connectivity index (χ3n) is 2.24. The van der Waals surface area contributed by atoms with E-state index in [-0.39, 0.29) is 0 Å². The molecule has 0 saturated carbocycles. The van der Waals surface area contributed by atoms with Crippen LogP contribution in [0.1, 0.15) is 5.82 Å². The molecule has 2 aromatic heterocycles. The third-order valence-corrected chi connectivity index (χ3v) is 2.24. The summed E-state index contributed by atoms with van der Waals surface area (Å²) in [6.45, 7) is 2.01. The topological polar surface area (TPSA) is 82.7 Å². The van der Waals surface area contributed by atoms with Crippen LogP contribution in [-0.2, 0) is 18.3 Å². The molecular weight excluding hydrogens is 222 g/mol. The van der Waals surface area contributed by atoms with Crippen molar-refractivity contribution in [2.75, 3.05) is 20.3 Å². The van der Waals surface area contributed by atoms with E-state index in [1.807, 2.05) is 13.2 Å². The molecule has 1 N–H and O–H groups in total. The van der Waals surface area contributed by atoms with E-state index in [4.69, 9.17) is 4.74 Å². The molecule has 0 aliphatic carbocycles. The first-order valence-electron chi connectivity index (χ1n) is 5.27. The van der Waals surface area contributed by atoms with E-state index in [0.717, 1.165) is 18.1 Å². The molecule has 92 valence electrons. The predicted octanol–water partition coefficient (Wildman–Crippen LogP) is -0.868. The van der Waals surface area contributed by atoms with E-state index >= 15 is 0 Å². The van der Waals surface area contributed by atoms with Gasteiger partial charge in [0.1, 0.15) is 5.69 Å². The molecule has 0 aliphatic heterocycles. The third kappa shape index (κ3) is 2.86. The Hall–Kier alpha value is -1.80. The summed E-state index contributed by atoms with van der Waals surface area (Å²) in [5.41, 5.74) is 0.848. The summed E-state index contributed by atoms with van der Waals surface area (Å²) in [6.07, 6.45) is 3.57. The monoisotopic (exact) mass is 237 g/mol. The molecular formula is C9H15N7O. The highest BCUT2D eigenvalue weighted by Crippen LogP contribution is 2.05. The smallest absolute Gasteiger partial charge is 0.170 e. The van der Waals surface area contributed by atoms with E-state index < -0.39 is 0 Å². The van der Waals surface area contributed by atoms with Crippen molar-refractivity contribution in [3.8, 4) is 5.69 Å². The summed E-state index contributed by atoms with van der Waals surface area (Å²) in [6, 6.07) is 0. The van der Waals surface area contributed by atoms with Crippen molar-refractivity contribution in [3.05, 3.63) is 18.2 Å². The summed E-state index contributed by atoms with van der Waals surface area (Å²) in [7, 11) is 3.52. The molecule has 0 fully saturated rings. The van der Waals surface area contributed by atoms with Crippen molar-refractivity contribution in [1.29, 1.82) is 0 Å². The van der Waals surface area contributed by atoms with Crippen LogP contribution in [0.3, 0.4) is 0 Å². The van der Waals surface area contributed by atoms with E-state index in [2.05, 4.69) is 25.9 Å². The lowest BCUT2D eigenvalue weighted by Gasteiger charge is -2.03. The maximum Gasteiger partial charge on any atom is 0.170 e. The predicted molar refractivity (Wildman–Crippen MR) is 59.5 cm³/mol. The zero-order valence-electron chi connectivity index (χ0n) is 9.87. The number of nitrogens with one attached hydrogen (secondary N) is 1. The quantitative estimate of drug-likeness (QED) is 0.658. The van der Waals surface area contributed by atoms with Crippen LogP contribution in [0.15, 0.2) is 12.4 Å². The van der Waals surface area contributed by atoms with Gasteiger partial charge in [0, 0.05) is 20.7 Å². The molecule has 8 nitrogen and oxygen atoms in total. The van der Waals surface area contributed by atoms with E-state index in [1.54, 1.807) is 22.7 Å². The number of hydrogen-bond donors (Lipinski definition) is 1. The standard InChI is InChI=1S/C9H15N7O/c1-15-7-8(5-11-15)16-9(12-13-14-16)6-10-3-4-17-2/h5,7,10H,3-4,6H2,1-2H3. The molecule has 0 aliphatic rings. The molecule has 0 atom stereocenters. The maximum absolute atomic E-state index is 4.95. The number of rotatable bonds is 6. The molecule has 2 rings (SSSR count). The Bertz CT molecular complexity index is 463. The number of tetrazole rings is 1. The molecule has 2 aromatic rings. The average Bonchev–Trinajstić information content (AvgIpc) is 2.93. The first-order chi connectivity index (χ1) is 8.31. The fourth-order valence-electron chi connectivity index (χ4n) is 1.41. The van der Waals surface area contributed by atoms with Gasteiger partial charge in [-0.25, -0.2) is 0 Å². The van der Waals surface area contributed by atoms with Gasteiger partial charge in [-0.2, -0.15) is 9.78 Å². The Morgan fingerprint density at radius 3 is 3.06 bits per heavy atom. The lowest BCUT2D eigenvalue weighted by atomic mass is 10.5. The SMILES string of the molecule is COCCNCc1nnnn1-c1cnn(C)c1. The van der Waals surface area contributed by atoms with Crippen molar-refractivity contribution in [3.63, 3.8) is 0 Å². The van der Waals surface area contributed by atoms with Crippen LogP contribution in [0.2, 0.25) is 0 Å². The van der Waals surface area contributed by atoms with Gasteiger partial charge in [-0.05, 0) is 10.4 Å². The van der Waals surface area contributed by atoms with Crippen LogP contribution in [0, 0.1) is 0 Å². The summed E-state index contributed by atoms with van der Waals surface area (Å²) >= 11 is 0. The fraction of sp³-hybridized carbons (Fsp3) is 0.556. The Labute approximate surface area is 98.6 Å². The molecule has 0 radical (unpaired) electrons. The zero-order chi connectivity index (χ0) is 12.1. The number of aryl methyl sites for hydroxylation is 1. The van der Waals surface area contributed by atoms with Crippen LogP contribution in [0.4, 0.5) is 0 Å². The molecule has 0 spiro atoms. The lowest BCUT2D eigenvalue weighted by molar-refractivity contribution is 0.199. The summed E-state index contributed by atoms with van der Waals surface area (Å²) in [5.74, 6) is 0.745. The molecule has 0 bridgehead atoms. The second-order valence-corrected chi connectivity index (χ2v) is 3.55. The van der Waals surface area contributed by atoms with Crippen LogP contribution in [0.25, 0.3) is 5.69 Å². The second-order valence-electron chi connectivity index (χ2n) is 3.55. The fourth-order valence-corrected chi connectivity index (χ4v) is 1.41. The van der Waals surface area contributed by atoms with Crippen molar-refractivity contribution in [2.45, 2.75) is 6.54 Å². The van der Waals surface area contributed by atoms with Gasteiger partial charge in [0.2, 0.25) is 0 Å². The number of nitrogens with zero attached hydrogens (tertiary/aromatic N) is 6. The molecule has 0 aromatic carbocycles. The zero-order valence-corrected chi connectivity index (χ0v) is 9.87. The van der Waals surface area contributed by atoms with Crippen LogP contribution < -0.4 is 5.32 Å². The highest BCUT2D eigenvalue weighted by Gasteiger charge is 2.08. The van der Waals surface area contributed by atoms with E-state index in [1.165, 1.54) is 0 Å². The molecule has 0 saturated heterocycles. The number of methoxy groups -OCH3 is 1. The minimum atomic E-state index is 0.589. The largest absolute Gasteiger partial charge is 0.383 e.